The minimum Gasteiger partial charge on any atom is -0.389 e. The van der Waals surface area contributed by atoms with Crippen LogP contribution < -0.4 is 11.1 Å². The molecule has 0 spiro atoms. The Kier molecular flexibility index (Phi) is 3.87. The quantitative estimate of drug-likeness (QED) is 0.290. The van der Waals surface area contributed by atoms with Gasteiger partial charge in [0.15, 0.2) is 0 Å². The molecule has 1 saturated heterocycles. The van der Waals surface area contributed by atoms with Crippen molar-refractivity contribution in [3.63, 3.8) is 0 Å². The molecule has 0 unspecified atom stereocenters. The summed E-state index contributed by atoms with van der Waals surface area (Å²) < 4.78 is 8.34. The second-order valence-electron chi connectivity index (χ2n) is 9.25. The van der Waals surface area contributed by atoms with Gasteiger partial charge >= 0.3 is 0 Å². The highest BCUT2D eigenvalue weighted by molar-refractivity contribution is 6.39. The van der Waals surface area contributed by atoms with Crippen LogP contribution in [0.3, 0.4) is 0 Å². The van der Waals surface area contributed by atoms with Gasteiger partial charge in [-0.25, -0.2) is 0 Å². The largest absolute Gasteiger partial charge is 0.389 e. The van der Waals surface area contributed by atoms with Crippen molar-refractivity contribution in [3.8, 4) is 0 Å². The Morgan fingerprint density at radius 2 is 1.68 bits per heavy atom. The Balaban J connectivity index is 1.72. The molecule has 5 N–H and O–H groups in total. The van der Waals surface area contributed by atoms with Crippen LogP contribution in [0.2, 0.25) is 0 Å². The average molecular weight is 454 g/mol. The molecule has 7 rings (SSSR count). The number of fused-ring (bicyclic) bond motifs is 10. The van der Waals surface area contributed by atoms with E-state index in [4.69, 9.17) is 10.5 Å². The van der Waals surface area contributed by atoms with Crippen LogP contribution in [-0.4, -0.2) is 44.7 Å². The van der Waals surface area contributed by atoms with E-state index < -0.39 is 30.4 Å². The number of benzene rings is 3. The summed E-state index contributed by atoms with van der Waals surface area (Å²) in [4.78, 5) is 29.7. The highest BCUT2D eigenvalue weighted by Crippen LogP contribution is 2.45. The molecule has 4 atom stereocenters. The molecule has 2 aromatic heterocycles. The lowest BCUT2D eigenvalue weighted by atomic mass is 9.96. The van der Waals surface area contributed by atoms with Crippen molar-refractivity contribution in [2.45, 2.75) is 37.8 Å². The van der Waals surface area contributed by atoms with Gasteiger partial charge in [0.1, 0.15) is 6.23 Å². The van der Waals surface area contributed by atoms with Gasteiger partial charge < -0.3 is 25.1 Å². The zero-order valence-electron chi connectivity index (χ0n) is 18.3. The lowest BCUT2D eigenvalue weighted by Gasteiger charge is -2.37. The summed E-state index contributed by atoms with van der Waals surface area (Å²) in [5.74, 6) is -0.786. The first-order valence-corrected chi connectivity index (χ1v) is 11.4. The van der Waals surface area contributed by atoms with Crippen LogP contribution >= 0.6 is 0 Å². The summed E-state index contributed by atoms with van der Waals surface area (Å²) >= 11 is 0. The third-order valence-electron chi connectivity index (χ3n) is 7.34. The molecule has 5 aromatic rings. The molecule has 0 saturated carbocycles. The molecule has 8 nitrogen and oxygen atoms in total. The van der Waals surface area contributed by atoms with Gasteiger partial charge in [0, 0.05) is 39.5 Å². The summed E-state index contributed by atoms with van der Waals surface area (Å²) in [7, 11) is 0. The van der Waals surface area contributed by atoms with Crippen molar-refractivity contribution in [1.29, 1.82) is 0 Å². The molecule has 2 amide bonds. The molecule has 0 radical (unpaired) electrons. The highest BCUT2D eigenvalue weighted by Gasteiger charge is 2.39. The van der Waals surface area contributed by atoms with Gasteiger partial charge in [0.25, 0.3) is 11.8 Å². The van der Waals surface area contributed by atoms with E-state index in [0.717, 1.165) is 38.2 Å². The van der Waals surface area contributed by atoms with E-state index in [0.29, 0.717) is 22.9 Å². The number of amides is 2. The fourth-order valence-corrected chi connectivity index (χ4v) is 5.84. The standard InChI is InChI=1S/C26H22N4O4/c1-11-24(31)14(27)10-17(34-11)30-16-9-5-3-7-13(16)19-21-20(25(32)29-26(21)33)18-12-6-2-4-8-15(12)28-22(18)23(19)30/h2-9,11,14,17,24,28,31H,10,27H2,1H3,(H,29,32,33)/t11-,14+,17+,24-/m0/s1. The topological polar surface area (TPSA) is 122 Å². The molecule has 8 heteroatoms. The molecule has 2 aliphatic heterocycles. The number of aromatic nitrogens is 2. The zero-order valence-corrected chi connectivity index (χ0v) is 18.3. The van der Waals surface area contributed by atoms with Crippen LogP contribution in [0.5, 0.6) is 0 Å². The van der Waals surface area contributed by atoms with Crippen molar-refractivity contribution in [3.05, 3.63) is 59.7 Å². The maximum Gasteiger partial charge on any atom is 0.259 e. The van der Waals surface area contributed by atoms with Crippen LogP contribution in [0.25, 0.3) is 43.6 Å². The first-order chi connectivity index (χ1) is 16.5. The number of imide groups is 1. The number of carbonyl (C=O) groups is 2. The third kappa shape index (κ3) is 2.37. The maximum atomic E-state index is 13.1. The number of nitrogens with one attached hydrogen (secondary N) is 2. The number of H-pyrrole nitrogens is 1. The van der Waals surface area contributed by atoms with E-state index in [1.165, 1.54) is 0 Å². The molecular formula is C26H22N4O4. The predicted molar refractivity (Wildman–Crippen MR) is 129 cm³/mol. The SMILES string of the molecule is C[C@@H]1O[C@@H](n2c3ccccc3c3c4c(c5c6ccccc6[nH]c5c32)C(=O)NC4=O)C[C@@H](N)[C@H]1O. The van der Waals surface area contributed by atoms with E-state index in [9.17, 15) is 14.7 Å². The highest BCUT2D eigenvalue weighted by atomic mass is 16.5. The minimum absolute atomic E-state index is 0.388. The summed E-state index contributed by atoms with van der Waals surface area (Å²) in [6, 6.07) is 15.1. The summed E-state index contributed by atoms with van der Waals surface area (Å²) in [6.45, 7) is 1.81. The van der Waals surface area contributed by atoms with Gasteiger partial charge in [-0.2, -0.15) is 0 Å². The van der Waals surface area contributed by atoms with Crippen molar-refractivity contribution >= 4 is 55.4 Å². The van der Waals surface area contributed by atoms with E-state index in [2.05, 4.69) is 14.9 Å². The molecule has 2 aliphatic rings. The molecule has 0 aliphatic carbocycles. The third-order valence-corrected chi connectivity index (χ3v) is 7.34. The van der Waals surface area contributed by atoms with Crippen molar-refractivity contribution < 1.29 is 19.4 Å². The number of aliphatic hydroxyl groups is 1. The van der Waals surface area contributed by atoms with Gasteiger partial charge in [-0.3, -0.25) is 14.9 Å². The van der Waals surface area contributed by atoms with Crippen molar-refractivity contribution in [1.82, 2.24) is 14.9 Å². The Morgan fingerprint density at radius 1 is 1.00 bits per heavy atom. The molecule has 4 heterocycles. The fraction of sp³-hybridized carbons (Fsp3) is 0.231. The molecule has 0 bridgehead atoms. The smallest absolute Gasteiger partial charge is 0.259 e. The first-order valence-electron chi connectivity index (χ1n) is 11.4. The normalized spacial score (nSPS) is 25.0. The van der Waals surface area contributed by atoms with Crippen LogP contribution in [-0.2, 0) is 4.74 Å². The van der Waals surface area contributed by atoms with E-state index in [1.54, 1.807) is 0 Å². The molecular weight excluding hydrogens is 432 g/mol. The van der Waals surface area contributed by atoms with Crippen LogP contribution in [0.1, 0.15) is 40.3 Å². The molecule has 3 aromatic carbocycles. The number of rotatable bonds is 1. The lowest BCUT2D eigenvalue weighted by molar-refractivity contribution is -0.142. The van der Waals surface area contributed by atoms with Gasteiger partial charge in [-0.1, -0.05) is 36.4 Å². The van der Waals surface area contributed by atoms with Crippen molar-refractivity contribution in [2.75, 3.05) is 0 Å². The number of para-hydroxylation sites is 2. The number of ether oxygens (including phenoxy) is 1. The van der Waals surface area contributed by atoms with E-state index in [-0.39, 0.29) is 5.91 Å². The predicted octanol–water partition coefficient (Wildman–Crippen LogP) is 3.31. The number of hydrogen-bond donors (Lipinski definition) is 4. The Bertz CT molecular complexity index is 1690. The monoisotopic (exact) mass is 454 g/mol. The average Bonchev–Trinajstić information content (AvgIpc) is 3.46. The molecule has 1 fully saturated rings. The van der Waals surface area contributed by atoms with E-state index >= 15 is 0 Å². The van der Waals surface area contributed by atoms with Gasteiger partial charge in [-0.15, -0.1) is 0 Å². The number of carbonyl (C=O) groups excluding carboxylic acids is 2. The Hall–Kier alpha value is -3.72. The lowest BCUT2D eigenvalue weighted by Crippen LogP contribution is -2.49. The fourth-order valence-electron chi connectivity index (χ4n) is 5.84. The molecule has 170 valence electrons. The minimum atomic E-state index is -0.759. The number of hydrogen-bond acceptors (Lipinski definition) is 5. The van der Waals surface area contributed by atoms with Crippen LogP contribution in [0.15, 0.2) is 48.5 Å². The Morgan fingerprint density at radius 3 is 2.44 bits per heavy atom. The second-order valence-corrected chi connectivity index (χ2v) is 9.25. The number of aromatic amines is 1. The van der Waals surface area contributed by atoms with Crippen LogP contribution in [0, 0.1) is 0 Å². The second kappa shape index (κ2) is 6.66. The maximum absolute atomic E-state index is 13.1. The van der Waals surface area contributed by atoms with Gasteiger partial charge in [-0.05, 0) is 19.1 Å². The summed E-state index contributed by atoms with van der Waals surface area (Å²) in [6.07, 6.45) is -1.26. The summed E-state index contributed by atoms with van der Waals surface area (Å²) in [5, 5.41) is 16.1. The van der Waals surface area contributed by atoms with E-state index in [1.807, 2.05) is 55.5 Å². The van der Waals surface area contributed by atoms with Crippen molar-refractivity contribution in [2.24, 2.45) is 5.73 Å². The number of nitrogens with zero attached hydrogens (tertiary/aromatic N) is 1. The van der Waals surface area contributed by atoms with Crippen LogP contribution in [0.4, 0.5) is 0 Å². The number of aliphatic hydroxyl groups excluding tert-OH is 1. The molecule has 34 heavy (non-hydrogen) atoms. The zero-order chi connectivity index (χ0) is 23.3. The first kappa shape index (κ1) is 19.7. The van der Waals surface area contributed by atoms with Gasteiger partial charge in [0.05, 0.1) is 39.9 Å². The summed E-state index contributed by atoms with van der Waals surface area (Å²) in [5.41, 5.74) is 10.4. The number of nitrogens with two attached hydrogens (primary N) is 1. The Labute approximate surface area is 193 Å². The van der Waals surface area contributed by atoms with Gasteiger partial charge in [0.2, 0.25) is 0 Å².